The number of nitrogens with zero attached hydrogens (tertiary/aromatic N) is 1. The molecule has 4 nitrogen and oxygen atoms in total. The molecule has 106 valence electrons. The van der Waals surface area contributed by atoms with Gasteiger partial charge in [-0.2, -0.15) is 0 Å². The van der Waals surface area contributed by atoms with E-state index >= 15 is 0 Å². The Morgan fingerprint density at radius 2 is 2.06 bits per heavy atom. The lowest BCUT2D eigenvalue weighted by molar-refractivity contribution is -0.124. The first-order valence-electron chi connectivity index (χ1n) is 7.20. The summed E-state index contributed by atoms with van der Waals surface area (Å²) in [6.07, 6.45) is 4.58. The van der Waals surface area contributed by atoms with Gasteiger partial charge in [-0.05, 0) is 53.0 Å². The third-order valence-electron chi connectivity index (χ3n) is 3.62. The Bertz CT molecular complexity index is 276. The maximum absolute atomic E-state index is 11.7. The average molecular weight is 255 g/mol. The van der Waals surface area contributed by atoms with Crippen molar-refractivity contribution >= 4 is 5.91 Å². The van der Waals surface area contributed by atoms with Crippen molar-refractivity contribution in [2.45, 2.75) is 71.0 Å². The molecule has 1 aliphatic rings. The van der Waals surface area contributed by atoms with E-state index in [4.69, 9.17) is 5.73 Å². The van der Waals surface area contributed by atoms with E-state index in [-0.39, 0.29) is 11.9 Å². The Hall–Kier alpha value is -0.610. The van der Waals surface area contributed by atoms with E-state index in [0.717, 1.165) is 25.6 Å². The zero-order valence-corrected chi connectivity index (χ0v) is 12.3. The van der Waals surface area contributed by atoms with Crippen LogP contribution in [-0.4, -0.2) is 41.5 Å². The Balaban J connectivity index is 2.52. The molecule has 0 bridgehead atoms. The molecule has 18 heavy (non-hydrogen) atoms. The minimum Gasteiger partial charge on any atom is -0.368 e. The van der Waals surface area contributed by atoms with E-state index in [1.54, 1.807) is 0 Å². The maximum atomic E-state index is 11.7. The van der Waals surface area contributed by atoms with E-state index in [1.165, 1.54) is 19.3 Å². The van der Waals surface area contributed by atoms with E-state index in [0.29, 0.717) is 0 Å². The fourth-order valence-electron chi connectivity index (χ4n) is 2.47. The highest BCUT2D eigenvalue weighted by Gasteiger charge is 2.34. The summed E-state index contributed by atoms with van der Waals surface area (Å²) in [6, 6.07) is 1.02. The summed E-state index contributed by atoms with van der Waals surface area (Å²) in [4.78, 5) is 14.2. The van der Waals surface area contributed by atoms with Gasteiger partial charge in [-0.3, -0.25) is 4.79 Å². The Morgan fingerprint density at radius 1 is 1.44 bits per heavy atom. The molecule has 0 spiro atoms. The van der Waals surface area contributed by atoms with E-state index < -0.39 is 5.54 Å². The fraction of sp³-hybridized carbons (Fsp3) is 0.929. The van der Waals surface area contributed by atoms with Gasteiger partial charge in [0.15, 0.2) is 0 Å². The lowest BCUT2D eigenvalue weighted by atomic mass is 9.95. The molecule has 3 N–H and O–H groups in total. The zero-order valence-electron chi connectivity index (χ0n) is 12.3. The van der Waals surface area contributed by atoms with E-state index in [1.807, 2.05) is 20.8 Å². The molecule has 1 amide bonds. The van der Waals surface area contributed by atoms with Gasteiger partial charge in [0.1, 0.15) is 0 Å². The molecule has 1 saturated carbocycles. The molecular formula is C14H29N3O. The van der Waals surface area contributed by atoms with Crippen LogP contribution in [0.25, 0.3) is 0 Å². The Morgan fingerprint density at radius 3 is 2.44 bits per heavy atom. The molecule has 1 unspecified atom stereocenters. The van der Waals surface area contributed by atoms with Crippen LogP contribution in [0.4, 0.5) is 0 Å². The number of hydrogen-bond acceptors (Lipinski definition) is 3. The summed E-state index contributed by atoms with van der Waals surface area (Å²) >= 11 is 0. The number of hydrogen-bond donors (Lipinski definition) is 2. The van der Waals surface area contributed by atoms with Crippen molar-refractivity contribution in [3.63, 3.8) is 0 Å². The van der Waals surface area contributed by atoms with Crippen LogP contribution in [0, 0.1) is 0 Å². The van der Waals surface area contributed by atoms with Crippen LogP contribution in [0.5, 0.6) is 0 Å². The third-order valence-corrected chi connectivity index (χ3v) is 3.62. The average Bonchev–Trinajstić information content (AvgIpc) is 3.06. The van der Waals surface area contributed by atoms with Crippen molar-refractivity contribution < 1.29 is 4.79 Å². The molecule has 0 aliphatic heterocycles. The minimum atomic E-state index is -0.588. The lowest BCUT2D eigenvalue weighted by Gasteiger charge is -2.32. The smallest absolute Gasteiger partial charge is 0.237 e. The molecular weight excluding hydrogens is 226 g/mol. The minimum absolute atomic E-state index is 0.247. The van der Waals surface area contributed by atoms with Gasteiger partial charge in [0.25, 0.3) is 0 Å². The van der Waals surface area contributed by atoms with Crippen molar-refractivity contribution in [3.05, 3.63) is 0 Å². The van der Waals surface area contributed by atoms with Gasteiger partial charge in [0.05, 0.1) is 5.54 Å². The number of nitrogens with two attached hydrogens (primary N) is 1. The van der Waals surface area contributed by atoms with Crippen LogP contribution in [0.3, 0.4) is 0 Å². The highest BCUT2D eigenvalue weighted by molar-refractivity contribution is 5.84. The van der Waals surface area contributed by atoms with Gasteiger partial charge in [-0.25, -0.2) is 0 Å². The predicted octanol–water partition coefficient (Wildman–Crippen LogP) is 1.49. The van der Waals surface area contributed by atoms with Crippen LogP contribution < -0.4 is 11.1 Å². The summed E-state index contributed by atoms with van der Waals surface area (Å²) in [5.41, 5.74) is 4.96. The number of carbonyl (C=O) groups excluding carboxylic acids is 1. The fourth-order valence-corrected chi connectivity index (χ4v) is 2.47. The lowest BCUT2D eigenvalue weighted by Crippen LogP contribution is -2.56. The summed E-state index contributed by atoms with van der Waals surface area (Å²) < 4.78 is 0. The van der Waals surface area contributed by atoms with Crippen molar-refractivity contribution in [2.75, 3.05) is 13.1 Å². The molecule has 1 atom stereocenters. The molecule has 4 heteroatoms. The second-order valence-electron chi connectivity index (χ2n) is 6.01. The summed E-state index contributed by atoms with van der Waals surface area (Å²) in [5.74, 6) is -0.247. The maximum Gasteiger partial charge on any atom is 0.237 e. The molecule has 1 fully saturated rings. The van der Waals surface area contributed by atoms with Crippen molar-refractivity contribution in [1.29, 1.82) is 0 Å². The standard InChI is InChI=1S/C14H29N3O/c1-5-9-17(12-6-7-12)10-8-14(4,13(15)18)16-11(2)3/h11-12,16H,5-10H2,1-4H3,(H2,15,18). The number of nitrogens with one attached hydrogen (secondary N) is 1. The monoisotopic (exact) mass is 255 g/mol. The van der Waals surface area contributed by atoms with Crippen LogP contribution in [0.1, 0.15) is 53.4 Å². The summed E-state index contributed by atoms with van der Waals surface area (Å²) in [7, 11) is 0. The summed E-state index contributed by atoms with van der Waals surface area (Å²) in [6.45, 7) is 10.3. The largest absolute Gasteiger partial charge is 0.368 e. The molecule has 0 aromatic heterocycles. The third kappa shape index (κ3) is 4.58. The number of primary amides is 1. The van der Waals surface area contributed by atoms with Gasteiger partial charge in [-0.1, -0.05) is 6.92 Å². The van der Waals surface area contributed by atoms with Gasteiger partial charge < -0.3 is 16.0 Å². The highest BCUT2D eigenvalue weighted by Crippen LogP contribution is 2.27. The SMILES string of the molecule is CCCN(CCC(C)(NC(C)C)C(N)=O)C1CC1. The van der Waals surface area contributed by atoms with Crippen LogP contribution in [0.2, 0.25) is 0 Å². The van der Waals surface area contributed by atoms with Gasteiger partial charge in [-0.15, -0.1) is 0 Å². The first-order valence-corrected chi connectivity index (χ1v) is 7.20. The van der Waals surface area contributed by atoms with Crippen molar-refractivity contribution in [2.24, 2.45) is 5.73 Å². The summed E-state index contributed by atoms with van der Waals surface area (Å²) in [5, 5.41) is 3.31. The van der Waals surface area contributed by atoms with Gasteiger partial charge in [0, 0.05) is 18.6 Å². The number of rotatable bonds is 9. The Kier molecular flexibility index (Phi) is 5.60. The Labute approximate surface area is 111 Å². The molecule has 0 radical (unpaired) electrons. The first kappa shape index (κ1) is 15.4. The molecule has 0 heterocycles. The molecule has 0 saturated heterocycles. The van der Waals surface area contributed by atoms with Crippen LogP contribution >= 0.6 is 0 Å². The van der Waals surface area contributed by atoms with E-state index in [9.17, 15) is 4.79 Å². The number of carbonyl (C=O) groups is 1. The zero-order chi connectivity index (χ0) is 13.8. The molecule has 1 aliphatic carbocycles. The van der Waals surface area contributed by atoms with Crippen LogP contribution in [0.15, 0.2) is 0 Å². The topological polar surface area (TPSA) is 58.4 Å². The van der Waals surface area contributed by atoms with Gasteiger partial charge in [0.2, 0.25) is 5.91 Å². The second-order valence-corrected chi connectivity index (χ2v) is 6.01. The van der Waals surface area contributed by atoms with Crippen molar-refractivity contribution in [1.82, 2.24) is 10.2 Å². The van der Waals surface area contributed by atoms with E-state index in [2.05, 4.69) is 17.1 Å². The number of amides is 1. The first-order chi connectivity index (χ1) is 8.39. The molecule has 1 rings (SSSR count). The highest BCUT2D eigenvalue weighted by atomic mass is 16.1. The van der Waals surface area contributed by atoms with Crippen LogP contribution in [-0.2, 0) is 4.79 Å². The second kappa shape index (κ2) is 6.53. The van der Waals surface area contributed by atoms with Crippen molar-refractivity contribution in [3.8, 4) is 0 Å². The molecule has 0 aromatic carbocycles. The normalized spacial score (nSPS) is 19.2. The predicted molar refractivity (Wildman–Crippen MR) is 75.4 cm³/mol. The van der Waals surface area contributed by atoms with Gasteiger partial charge >= 0.3 is 0 Å². The molecule has 0 aromatic rings. The quantitative estimate of drug-likeness (QED) is 0.656.